The molecule has 0 unspecified atom stereocenters. The third kappa shape index (κ3) is 4.24. The molecular weight excluding hydrogens is 266 g/mol. The summed E-state index contributed by atoms with van der Waals surface area (Å²) in [5.74, 6) is 0.553. The van der Waals surface area contributed by atoms with Crippen molar-refractivity contribution in [1.29, 1.82) is 0 Å². The molecule has 0 saturated heterocycles. The molecule has 0 bridgehead atoms. The lowest BCUT2D eigenvalue weighted by molar-refractivity contribution is 0.0601. The van der Waals surface area contributed by atoms with E-state index >= 15 is 0 Å². The van der Waals surface area contributed by atoms with E-state index in [0.29, 0.717) is 18.7 Å². The lowest BCUT2D eigenvalue weighted by Crippen LogP contribution is -2.02. The molecule has 2 aromatic carbocycles. The van der Waals surface area contributed by atoms with E-state index < -0.39 is 0 Å². The van der Waals surface area contributed by atoms with Crippen LogP contribution in [0, 0.1) is 0 Å². The quantitative estimate of drug-likeness (QED) is 0.825. The first-order chi connectivity index (χ1) is 10.2. The van der Waals surface area contributed by atoms with Crippen LogP contribution in [-0.4, -0.2) is 19.7 Å². The van der Waals surface area contributed by atoms with Gasteiger partial charge in [-0.25, -0.2) is 4.79 Å². The molecule has 0 aliphatic rings. The molecule has 0 heterocycles. The van der Waals surface area contributed by atoms with Gasteiger partial charge in [0.15, 0.2) is 0 Å². The van der Waals surface area contributed by atoms with Gasteiger partial charge in [-0.2, -0.15) is 0 Å². The standard InChI is InChI=1S/C17H19NO3/c1-3-21-16-10-4-13(5-11-16)12-18-15-8-6-14(7-9-15)17(19)20-2/h4-11,18H,3,12H2,1-2H3. The zero-order valence-corrected chi connectivity index (χ0v) is 12.3. The van der Waals surface area contributed by atoms with Crippen LogP contribution >= 0.6 is 0 Å². The van der Waals surface area contributed by atoms with E-state index in [9.17, 15) is 4.79 Å². The average Bonchev–Trinajstić information content (AvgIpc) is 2.54. The normalized spacial score (nSPS) is 10.0. The zero-order chi connectivity index (χ0) is 15.1. The summed E-state index contributed by atoms with van der Waals surface area (Å²) in [4.78, 5) is 11.3. The van der Waals surface area contributed by atoms with Crippen molar-refractivity contribution in [2.75, 3.05) is 19.0 Å². The van der Waals surface area contributed by atoms with Gasteiger partial charge in [-0.3, -0.25) is 0 Å². The monoisotopic (exact) mass is 285 g/mol. The highest BCUT2D eigenvalue weighted by atomic mass is 16.5. The Labute approximate surface area is 124 Å². The molecule has 0 saturated carbocycles. The molecule has 1 N–H and O–H groups in total. The number of methoxy groups -OCH3 is 1. The number of ether oxygens (including phenoxy) is 2. The topological polar surface area (TPSA) is 47.6 Å². The van der Waals surface area contributed by atoms with Gasteiger partial charge in [0.25, 0.3) is 0 Å². The van der Waals surface area contributed by atoms with Gasteiger partial charge in [0.05, 0.1) is 19.3 Å². The molecule has 0 spiro atoms. The van der Waals surface area contributed by atoms with Crippen LogP contribution in [0.3, 0.4) is 0 Å². The molecule has 0 atom stereocenters. The first kappa shape index (κ1) is 14.9. The maximum absolute atomic E-state index is 11.3. The van der Waals surface area contributed by atoms with E-state index in [1.165, 1.54) is 7.11 Å². The van der Waals surface area contributed by atoms with Crippen LogP contribution in [0.25, 0.3) is 0 Å². The van der Waals surface area contributed by atoms with Gasteiger partial charge in [-0.1, -0.05) is 12.1 Å². The fourth-order valence-corrected chi connectivity index (χ4v) is 1.92. The fourth-order valence-electron chi connectivity index (χ4n) is 1.92. The Kier molecular flexibility index (Phi) is 5.21. The molecule has 4 nitrogen and oxygen atoms in total. The Morgan fingerprint density at radius 2 is 1.71 bits per heavy atom. The zero-order valence-electron chi connectivity index (χ0n) is 12.3. The number of hydrogen-bond donors (Lipinski definition) is 1. The molecule has 0 aliphatic heterocycles. The largest absolute Gasteiger partial charge is 0.494 e. The summed E-state index contributed by atoms with van der Waals surface area (Å²) in [5, 5.41) is 3.30. The third-order valence-electron chi connectivity index (χ3n) is 3.04. The predicted molar refractivity (Wildman–Crippen MR) is 82.7 cm³/mol. The minimum absolute atomic E-state index is 0.326. The van der Waals surface area contributed by atoms with Crippen molar-refractivity contribution in [1.82, 2.24) is 0 Å². The summed E-state index contributed by atoms with van der Waals surface area (Å²) in [6.45, 7) is 3.35. The van der Waals surface area contributed by atoms with Crippen LogP contribution < -0.4 is 10.1 Å². The number of carbonyl (C=O) groups is 1. The van der Waals surface area contributed by atoms with Crippen LogP contribution in [0.15, 0.2) is 48.5 Å². The van der Waals surface area contributed by atoms with E-state index in [0.717, 1.165) is 17.0 Å². The summed E-state index contributed by atoms with van der Waals surface area (Å²) in [7, 11) is 1.38. The predicted octanol–water partition coefficient (Wildman–Crippen LogP) is 3.48. The van der Waals surface area contributed by atoms with Gasteiger partial charge in [0.2, 0.25) is 0 Å². The number of carbonyl (C=O) groups excluding carboxylic acids is 1. The van der Waals surface area contributed by atoms with E-state index in [2.05, 4.69) is 10.1 Å². The minimum atomic E-state index is -0.326. The van der Waals surface area contributed by atoms with Gasteiger partial charge < -0.3 is 14.8 Å². The molecule has 0 radical (unpaired) electrons. The summed E-state index contributed by atoms with van der Waals surface area (Å²) < 4.78 is 10.1. The van der Waals surface area contributed by atoms with Gasteiger partial charge in [-0.05, 0) is 48.9 Å². The molecule has 4 heteroatoms. The first-order valence-corrected chi connectivity index (χ1v) is 6.87. The third-order valence-corrected chi connectivity index (χ3v) is 3.04. The number of rotatable bonds is 6. The SMILES string of the molecule is CCOc1ccc(CNc2ccc(C(=O)OC)cc2)cc1. The first-order valence-electron chi connectivity index (χ1n) is 6.87. The van der Waals surface area contributed by atoms with E-state index in [1.54, 1.807) is 12.1 Å². The van der Waals surface area contributed by atoms with Gasteiger partial charge in [0, 0.05) is 12.2 Å². The molecule has 0 aromatic heterocycles. The second-order valence-electron chi connectivity index (χ2n) is 4.50. The molecule has 0 fully saturated rings. The fraction of sp³-hybridized carbons (Fsp3) is 0.235. The van der Waals surface area contributed by atoms with Crippen molar-refractivity contribution in [3.63, 3.8) is 0 Å². The number of hydrogen-bond acceptors (Lipinski definition) is 4. The molecular formula is C17H19NO3. The number of anilines is 1. The van der Waals surface area contributed by atoms with Crippen molar-refractivity contribution in [3.8, 4) is 5.75 Å². The van der Waals surface area contributed by atoms with Crippen LogP contribution in [0.1, 0.15) is 22.8 Å². The van der Waals surface area contributed by atoms with Crippen LogP contribution in [0.2, 0.25) is 0 Å². The Morgan fingerprint density at radius 3 is 2.29 bits per heavy atom. The Hall–Kier alpha value is -2.49. The van der Waals surface area contributed by atoms with Crippen LogP contribution in [0.4, 0.5) is 5.69 Å². The minimum Gasteiger partial charge on any atom is -0.494 e. The number of esters is 1. The molecule has 0 aliphatic carbocycles. The summed E-state index contributed by atoms with van der Waals surface area (Å²) >= 11 is 0. The number of benzene rings is 2. The van der Waals surface area contributed by atoms with E-state index in [4.69, 9.17) is 4.74 Å². The van der Waals surface area contributed by atoms with E-state index in [1.807, 2.05) is 43.3 Å². The average molecular weight is 285 g/mol. The molecule has 110 valence electrons. The van der Waals surface area contributed by atoms with Crippen molar-refractivity contribution in [2.45, 2.75) is 13.5 Å². The van der Waals surface area contributed by atoms with Crippen molar-refractivity contribution < 1.29 is 14.3 Å². The molecule has 2 aromatic rings. The van der Waals surface area contributed by atoms with E-state index in [-0.39, 0.29) is 5.97 Å². The van der Waals surface area contributed by atoms with Gasteiger partial charge in [-0.15, -0.1) is 0 Å². The second-order valence-corrected chi connectivity index (χ2v) is 4.50. The summed E-state index contributed by atoms with van der Waals surface area (Å²) in [5.41, 5.74) is 2.66. The molecule has 2 rings (SSSR count). The highest BCUT2D eigenvalue weighted by Crippen LogP contribution is 2.15. The summed E-state index contributed by atoms with van der Waals surface area (Å²) in [6, 6.07) is 15.2. The lowest BCUT2D eigenvalue weighted by atomic mass is 10.2. The van der Waals surface area contributed by atoms with Crippen LogP contribution in [0.5, 0.6) is 5.75 Å². The number of nitrogens with one attached hydrogen (secondary N) is 1. The maximum atomic E-state index is 11.3. The Bertz CT molecular complexity index is 576. The highest BCUT2D eigenvalue weighted by molar-refractivity contribution is 5.89. The van der Waals surface area contributed by atoms with Crippen molar-refractivity contribution in [3.05, 3.63) is 59.7 Å². The van der Waals surface area contributed by atoms with Crippen molar-refractivity contribution in [2.24, 2.45) is 0 Å². The van der Waals surface area contributed by atoms with Gasteiger partial charge >= 0.3 is 5.97 Å². The van der Waals surface area contributed by atoms with Crippen LogP contribution in [-0.2, 0) is 11.3 Å². The highest BCUT2D eigenvalue weighted by Gasteiger charge is 2.04. The second kappa shape index (κ2) is 7.33. The Morgan fingerprint density at radius 1 is 1.05 bits per heavy atom. The molecule has 21 heavy (non-hydrogen) atoms. The summed E-state index contributed by atoms with van der Waals surface area (Å²) in [6.07, 6.45) is 0. The molecule has 0 amide bonds. The Balaban J connectivity index is 1.91. The van der Waals surface area contributed by atoms with Gasteiger partial charge in [0.1, 0.15) is 5.75 Å². The smallest absolute Gasteiger partial charge is 0.337 e. The van der Waals surface area contributed by atoms with Crippen molar-refractivity contribution >= 4 is 11.7 Å². The lowest BCUT2D eigenvalue weighted by Gasteiger charge is -2.08. The maximum Gasteiger partial charge on any atom is 0.337 e.